The minimum Gasteiger partial charge on any atom is -0.486 e. The number of hydrogen-bond acceptors (Lipinski definition) is 3. The van der Waals surface area contributed by atoms with E-state index in [4.69, 9.17) is 15.2 Å². The fourth-order valence-electron chi connectivity index (χ4n) is 2.17. The molecule has 20 heavy (non-hydrogen) atoms. The van der Waals surface area contributed by atoms with Crippen LogP contribution in [0.25, 0.3) is 11.1 Å². The minimum absolute atomic E-state index is 0.268. The van der Waals surface area contributed by atoms with E-state index in [2.05, 4.69) is 0 Å². The Labute approximate surface area is 114 Å². The molecule has 1 unspecified atom stereocenters. The molecular formula is C15H13F2NO2. The van der Waals surface area contributed by atoms with Gasteiger partial charge in [-0.3, -0.25) is 0 Å². The van der Waals surface area contributed by atoms with Crippen molar-refractivity contribution in [1.29, 1.82) is 0 Å². The van der Waals surface area contributed by atoms with Crippen LogP contribution in [-0.4, -0.2) is 19.3 Å². The summed E-state index contributed by atoms with van der Waals surface area (Å²) in [7, 11) is 0. The Morgan fingerprint density at radius 1 is 1.15 bits per heavy atom. The van der Waals surface area contributed by atoms with Crippen LogP contribution in [0.1, 0.15) is 0 Å². The van der Waals surface area contributed by atoms with E-state index < -0.39 is 11.6 Å². The standard InChI is InChI=1S/C15H13F2NO2/c16-9-4-5-11(13(17)6-9)12-2-1-3-14-15(12)20-10(7-18)8-19-14/h1-6,10H,7-8,18H2. The van der Waals surface area contributed by atoms with Crippen LogP contribution in [0.4, 0.5) is 8.78 Å². The fraction of sp³-hybridized carbons (Fsp3) is 0.200. The van der Waals surface area contributed by atoms with E-state index in [9.17, 15) is 8.78 Å². The minimum atomic E-state index is -0.642. The second-order valence-electron chi connectivity index (χ2n) is 4.54. The largest absolute Gasteiger partial charge is 0.486 e. The molecule has 0 radical (unpaired) electrons. The van der Waals surface area contributed by atoms with Gasteiger partial charge in [0, 0.05) is 23.7 Å². The number of nitrogens with two attached hydrogens (primary N) is 1. The van der Waals surface area contributed by atoms with Crippen molar-refractivity contribution >= 4 is 0 Å². The van der Waals surface area contributed by atoms with E-state index in [1.807, 2.05) is 0 Å². The van der Waals surface area contributed by atoms with Gasteiger partial charge in [-0.1, -0.05) is 12.1 Å². The number of fused-ring (bicyclic) bond motifs is 1. The third-order valence-electron chi connectivity index (χ3n) is 3.17. The second kappa shape index (κ2) is 5.09. The molecule has 104 valence electrons. The van der Waals surface area contributed by atoms with Gasteiger partial charge in [-0.25, -0.2) is 8.78 Å². The van der Waals surface area contributed by atoms with Crippen LogP contribution in [0.15, 0.2) is 36.4 Å². The SMILES string of the molecule is NCC1COc2cccc(-c3ccc(F)cc3F)c2O1. The van der Waals surface area contributed by atoms with Gasteiger partial charge in [-0.15, -0.1) is 0 Å². The van der Waals surface area contributed by atoms with Gasteiger partial charge in [0.05, 0.1) is 0 Å². The van der Waals surface area contributed by atoms with Crippen LogP contribution in [0, 0.1) is 11.6 Å². The first kappa shape index (κ1) is 12.9. The second-order valence-corrected chi connectivity index (χ2v) is 4.54. The Morgan fingerprint density at radius 3 is 2.75 bits per heavy atom. The van der Waals surface area contributed by atoms with Crippen molar-refractivity contribution in [2.45, 2.75) is 6.10 Å². The molecule has 0 spiro atoms. The Hall–Kier alpha value is -2.14. The molecular weight excluding hydrogens is 264 g/mol. The first-order valence-electron chi connectivity index (χ1n) is 6.27. The van der Waals surface area contributed by atoms with E-state index >= 15 is 0 Å². The van der Waals surface area contributed by atoms with Crippen LogP contribution in [0.2, 0.25) is 0 Å². The topological polar surface area (TPSA) is 44.5 Å². The molecule has 1 aliphatic heterocycles. The van der Waals surface area contributed by atoms with Gasteiger partial charge >= 0.3 is 0 Å². The van der Waals surface area contributed by atoms with E-state index in [0.29, 0.717) is 30.2 Å². The Balaban J connectivity index is 2.10. The molecule has 0 bridgehead atoms. The summed E-state index contributed by atoms with van der Waals surface area (Å²) in [5.74, 6) is -0.277. The molecule has 1 heterocycles. The summed E-state index contributed by atoms with van der Waals surface area (Å²) in [6.45, 7) is 0.665. The van der Waals surface area contributed by atoms with Gasteiger partial charge in [0.2, 0.25) is 0 Å². The lowest BCUT2D eigenvalue weighted by Crippen LogP contribution is -2.35. The molecule has 0 fully saturated rings. The summed E-state index contributed by atoms with van der Waals surface area (Å²) in [4.78, 5) is 0. The molecule has 2 N–H and O–H groups in total. The summed E-state index contributed by atoms with van der Waals surface area (Å²) in [6, 6.07) is 8.63. The maximum absolute atomic E-state index is 13.9. The van der Waals surface area contributed by atoms with Gasteiger partial charge in [-0.05, 0) is 18.2 Å². The highest BCUT2D eigenvalue weighted by Gasteiger charge is 2.24. The quantitative estimate of drug-likeness (QED) is 0.918. The number of para-hydroxylation sites is 1. The van der Waals surface area contributed by atoms with Crippen molar-refractivity contribution in [1.82, 2.24) is 0 Å². The van der Waals surface area contributed by atoms with E-state index in [-0.39, 0.29) is 11.7 Å². The van der Waals surface area contributed by atoms with Crippen LogP contribution in [0.3, 0.4) is 0 Å². The first-order chi connectivity index (χ1) is 9.69. The molecule has 1 atom stereocenters. The molecule has 2 aromatic rings. The fourth-order valence-corrected chi connectivity index (χ4v) is 2.17. The Kier molecular flexibility index (Phi) is 3.28. The van der Waals surface area contributed by atoms with Crippen molar-refractivity contribution in [3.63, 3.8) is 0 Å². The van der Waals surface area contributed by atoms with Gasteiger partial charge in [0.1, 0.15) is 24.3 Å². The van der Waals surface area contributed by atoms with Gasteiger partial charge in [-0.2, -0.15) is 0 Å². The number of ether oxygens (including phenoxy) is 2. The highest BCUT2D eigenvalue weighted by atomic mass is 19.1. The molecule has 3 nitrogen and oxygen atoms in total. The van der Waals surface area contributed by atoms with Crippen LogP contribution in [0.5, 0.6) is 11.5 Å². The van der Waals surface area contributed by atoms with E-state index in [1.54, 1.807) is 18.2 Å². The maximum Gasteiger partial charge on any atom is 0.169 e. The number of rotatable bonds is 2. The lowest BCUT2D eigenvalue weighted by molar-refractivity contribution is 0.0976. The molecule has 0 saturated heterocycles. The average Bonchev–Trinajstić information content (AvgIpc) is 2.46. The molecule has 2 aromatic carbocycles. The third-order valence-corrected chi connectivity index (χ3v) is 3.17. The zero-order chi connectivity index (χ0) is 14.1. The van der Waals surface area contributed by atoms with E-state index in [1.165, 1.54) is 12.1 Å². The van der Waals surface area contributed by atoms with Gasteiger partial charge < -0.3 is 15.2 Å². The molecule has 0 saturated carbocycles. The maximum atomic E-state index is 13.9. The number of hydrogen-bond donors (Lipinski definition) is 1. The van der Waals surface area contributed by atoms with Crippen molar-refractivity contribution in [3.05, 3.63) is 48.0 Å². The monoisotopic (exact) mass is 277 g/mol. The van der Waals surface area contributed by atoms with Gasteiger partial charge in [0.15, 0.2) is 11.5 Å². The predicted octanol–water partition coefficient (Wildman–Crippen LogP) is 2.73. The predicted molar refractivity (Wildman–Crippen MR) is 70.8 cm³/mol. The molecule has 3 rings (SSSR count). The molecule has 1 aliphatic rings. The van der Waals surface area contributed by atoms with Crippen LogP contribution < -0.4 is 15.2 Å². The number of halogens is 2. The van der Waals surface area contributed by atoms with Crippen LogP contribution in [-0.2, 0) is 0 Å². The van der Waals surface area contributed by atoms with Crippen molar-refractivity contribution in [3.8, 4) is 22.6 Å². The highest BCUT2D eigenvalue weighted by Crippen LogP contribution is 2.41. The summed E-state index contributed by atoms with van der Waals surface area (Å²) in [6.07, 6.45) is -0.271. The first-order valence-corrected chi connectivity index (χ1v) is 6.27. The third kappa shape index (κ3) is 2.20. The van der Waals surface area contributed by atoms with Crippen molar-refractivity contribution in [2.24, 2.45) is 5.73 Å². The normalized spacial score (nSPS) is 17.1. The lowest BCUT2D eigenvalue weighted by atomic mass is 10.0. The molecule has 0 aliphatic carbocycles. The summed E-state index contributed by atoms with van der Waals surface area (Å²) in [5.41, 5.74) is 6.36. The van der Waals surface area contributed by atoms with Crippen molar-refractivity contribution in [2.75, 3.05) is 13.2 Å². The summed E-state index contributed by atoms with van der Waals surface area (Å²) < 4.78 is 38.2. The Morgan fingerprint density at radius 2 is 2.00 bits per heavy atom. The molecule has 0 aromatic heterocycles. The number of benzene rings is 2. The smallest absolute Gasteiger partial charge is 0.169 e. The van der Waals surface area contributed by atoms with Crippen LogP contribution >= 0.6 is 0 Å². The highest BCUT2D eigenvalue weighted by molar-refractivity contribution is 5.74. The average molecular weight is 277 g/mol. The molecule has 0 amide bonds. The summed E-state index contributed by atoms with van der Waals surface area (Å²) in [5, 5.41) is 0. The Bertz CT molecular complexity index is 646. The van der Waals surface area contributed by atoms with Gasteiger partial charge in [0.25, 0.3) is 0 Å². The zero-order valence-corrected chi connectivity index (χ0v) is 10.6. The summed E-state index contributed by atoms with van der Waals surface area (Å²) >= 11 is 0. The molecule has 5 heteroatoms. The van der Waals surface area contributed by atoms with E-state index in [0.717, 1.165) is 6.07 Å². The van der Waals surface area contributed by atoms with Crippen molar-refractivity contribution < 1.29 is 18.3 Å². The lowest BCUT2D eigenvalue weighted by Gasteiger charge is -2.27. The zero-order valence-electron chi connectivity index (χ0n) is 10.6.